The summed E-state index contributed by atoms with van der Waals surface area (Å²) >= 11 is 9.00. The van der Waals surface area contributed by atoms with Crippen LogP contribution in [0, 0.1) is 17.5 Å². The van der Waals surface area contributed by atoms with Crippen LogP contribution in [0.25, 0.3) is 0 Å². The van der Waals surface area contributed by atoms with E-state index >= 15 is 0 Å². The average molecular weight is 365 g/mol. The second kappa shape index (κ2) is 5.85. The summed E-state index contributed by atoms with van der Waals surface area (Å²) in [6, 6.07) is 5.34. The topological polar surface area (TPSA) is 29.1 Å². The Balaban J connectivity index is 2.31. The molecule has 0 aromatic heterocycles. The quantitative estimate of drug-likeness (QED) is 0.817. The number of hydrogen-bond donors (Lipinski definition) is 1. The number of anilines is 1. The van der Waals surface area contributed by atoms with Gasteiger partial charge in [0.15, 0.2) is 0 Å². The van der Waals surface area contributed by atoms with Crippen molar-refractivity contribution in [1.29, 1.82) is 0 Å². The van der Waals surface area contributed by atoms with Gasteiger partial charge in [-0.1, -0.05) is 11.6 Å². The molecule has 0 bridgehead atoms. The van der Waals surface area contributed by atoms with Crippen molar-refractivity contribution in [2.24, 2.45) is 0 Å². The molecule has 20 heavy (non-hydrogen) atoms. The van der Waals surface area contributed by atoms with Gasteiger partial charge in [0.2, 0.25) is 0 Å². The molecule has 0 spiro atoms. The molecule has 0 radical (unpaired) electrons. The highest BCUT2D eigenvalue weighted by atomic mass is 79.9. The number of carbonyl (C=O) groups excluding carboxylic acids is 1. The van der Waals surface area contributed by atoms with E-state index in [4.69, 9.17) is 11.6 Å². The molecule has 0 aliphatic rings. The second-order valence-electron chi connectivity index (χ2n) is 3.83. The van der Waals surface area contributed by atoms with E-state index in [1.54, 1.807) is 6.07 Å². The summed E-state index contributed by atoms with van der Waals surface area (Å²) in [6.45, 7) is 0. The van der Waals surface area contributed by atoms with Crippen molar-refractivity contribution in [3.8, 4) is 0 Å². The molecular formula is C13H6BrClF3NO. The molecule has 0 fully saturated rings. The lowest BCUT2D eigenvalue weighted by molar-refractivity contribution is 0.101. The zero-order chi connectivity index (χ0) is 14.9. The largest absolute Gasteiger partial charge is 0.322 e. The van der Waals surface area contributed by atoms with Gasteiger partial charge in [0.05, 0.1) is 5.02 Å². The van der Waals surface area contributed by atoms with E-state index in [0.717, 1.165) is 0 Å². The molecule has 0 aliphatic heterocycles. The van der Waals surface area contributed by atoms with Crippen molar-refractivity contribution in [3.05, 3.63) is 62.8 Å². The monoisotopic (exact) mass is 363 g/mol. The van der Waals surface area contributed by atoms with Crippen LogP contribution >= 0.6 is 27.5 Å². The third kappa shape index (κ3) is 3.13. The van der Waals surface area contributed by atoms with Crippen LogP contribution in [0.4, 0.5) is 18.9 Å². The summed E-state index contributed by atoms with van der Waals surface area (Å²) in [6.07, 6.45) is 0. The second-order valence-corrected chi connectivity index (χ2v) is 5.09. The van der Waals surface area contributed by atoms with Crippen LogP contribution in [0.2, 0.25) is 5.02 Å². The van der Waals surface area contributed by atoms with E-state index in [2.05, 4.69) is 21.2 Å². The van der Waals surface area contributed by atoms with E-state index in [9.17, 15) is 18.0 Å². The molecule has 2 aromatic rings. The first-order valence-corrected chi connectivity index (χ1v) is 6.46. The minimum Gasteiger partial charge on any atom is -0.322 e. The number of benzene rings is 2. The SMILES string of the molecule is O=C(Nc1ccc(Br)c(Cl)c1)c1c(F)cc(F)cc1F. The molecule has 2 nitrogen and oxygen atoms in total. The van der Waals surface area contributed by atoms with Crippen LogP contribution in [-0.2, 0) is 0 Å². The van der Waals surface area contributed by atoms with Gasteiger partial charge in [-0.05, 0) is 34.1 Å². The maximum atomic E-state index is 13.4. The molecule has 104 valence electrons. The zero-order valence-electron chi connectivity index (χ0n) is 9.68. The molecule has 2 rings (SSSR count). The van der Waals surface area contributed by atoms with Gasteiger partial charge in [0.1, 0.15) is 23.0 Å². The average Bonchev–Trinajstić information content (AvgIpc) is 2.32. The molecule has 0 unspecified atom stereocenters. The van der Waals surface area contributed by atoms with Crippen LogP contribution in [0.1, 0.15) is 10.4 Å². The van der Waals surface area contributed by atoms with Crippen LogP contribution in [0.15, 0.2) is 34.8 Å². The van der Waals surface area contributed by atoms with E-state index in [-0.39, 0.29) is 5.69 Å². The van der Waals surface area contributed by atoms with Crippen molar-refractivity contribution in [2.75, 3.05) is 5.32 Å². The van der Waals surface area contributed by atoms with Gasteiger partial charge in [0, 0.05) is 22.3 Å². The van der Waals surface area contributed by atoms with E-state index in [1.807, 2.05) is 0 Å². The lowest BCUT2D eigenvalue weighted by Crippen LogP contribution is -2.16. The van der Waals surface area contributed by atoms with Gasteiger partial charge >= 0.3 is 0 Å². The zero-order valence-corrected chi connectivity index (χ0v) is 12.0. The first kappa shape index (κ1) is 14.9. The Kier molecular flexibility index (Phi) is 4.35. The molecule has 7 heteroatoms. The number of carbonyl (C=O) groups is 1. The Labute approximate surface area is 125 Å². The number of halogens is 5. The number of nitrogens with one attached hydrogen (secondary N) is 1. The van der Waals surface area contributed by atoms with Crippen LogP contribution in [0.3, 0.4) is 0 Å². The molecule has 1 N–H and O–H groups in total. The summed E-state index contributed by atoms with van der Waals surface area (Å²) in [5.41, 5.74) is -0.600. The minimum absolute atomic E-state index is 0.256. The van der Waals surface area contributed by atoms with Crippen molar-refractivity contribution < 1.29 is 18.0 Å². The first-order valence-electron chi connectivity index (χ1n) is 5.29. The lowest BCUT2D eigenvalue weighted by atomic mass is 10.1. The highest BCUT2D eigenvalue weighted by molar-refractivity contribution is 9.10. The van der Waals surface area contributed by atoms with Crippen molar-refractivity contribution in [1.82, 2.24) is 0 Å². The Bertz CT molecular complexity index is 670. The molecule has 0 aliphatic carbocycles. The highest BCUT2D eigenvalue weighted by Gasteiger charge is 2.19. The number of hydrogen-bond acceptors (Lipinski definition) is 1. The maximum Gasteiger partial charge on any atom is 0.261 e. The number of amides is 1. The fourth-order valence-corrected chi connectivity index (χ4v) is 1.95. The number of rotatable bonds is 2. The molecule has 0 heterocycles. The summed E-state index contributed by atoms with van der Waals surface area (Å²) < 4.78 is 40.2. The van der Waals surface area contributed by atoms with Gasteiger partial charge in [-0.15, -0.1) is 0 Å². The predicted molar refractivity (Wildman–Crippen MR) is 73.4 cm³/mol. The Hall–Kier alpha value is -1.53. The molecule has 0 atom stereocenters. The minimum atomic E-state index is -1.27. The van der Waals surface area contributed by atoms with Gasteiger partial charge in [-0.25, -0.2) is 13.2 Å². The highest BCUT2D eigenvalue weighted by Crippen LogP contribution is 2.26. The summed E-state index contributed by atoms with van der Waals surface area (Å²) in [5, 5.41) is 2.60. The van der Waals surface area contributed by atoms with Crippen LogP contribution in [0.5, 0.6) is 0 Å². The van der Waals surface area contributed by atoms with E-state index in [0.29, 0.717) is 21.6 Å². The molecule has 0 saturated carbocycles. The van der Waals surface area contributed by atoms with Crippen molar-refractivity contribution in [2.45, 2.75) is 0 Å². The van der Waals surface area contributed by atoms with Crippen LogP contribution in [-0.4, -0.2) is 5.91 Å². The summed E-state index contributed by atoms with van der Waals surface area (Å²) in [7, 11) is 0. The molecule has 0 saturated heterocycles. The Morgan fingerprint density at radius 3 is 2.25 bits per heavy atom. The maximum absolute atomic E-state index is 13.4. The predicted octanol–water partition coefficient (Wildman–Crippen LogP) is 4.77. The fraction of sp³-hybridized carbons (Fsp3) is 0. The van der Waals surface area contributed by atoms with Crippen LogP contribution < -0.4 is 5.32 Å². The Morgan fingerprint density at radius 1 is 1.10 bits per heavy atom. The van der Waals surface area contributed by atoms with E-state index < -0.39 is 28.9 Å². The molecule has 2 aromatic carbocycles. The standard InChI is InChI=1S/C13H6BrClF3NO/c14-8-2-1-7(5-9(8)15)19-13(20)12-10(17)3-6(16)4-11(12)18/h1-5H,(H,19,20). The van der Waals surface area contributed by atoms with Gasteiger partial charge in [-0.2, -0.15) is 0 Å². The van der Waals surface area contributed by atoms with Crippen molar-refractivity contribution in [3.63, 3.8) is 0 Å². The smallest absolute Gasteiger partial charge is 0.261 e. The van der Waals surface area contributed by atoms with Crippen molar-refractivity contribution >= 4 is 39.1 Å². The van der Waals surface area contributed by atoms with Gasteiger partial charge < -0.3 is 5.32 Å². The summed E-state index contributed by atoms with van der Waals surface area (Å²) in [4.78, 5) is 11.8. The lowest BCUT2D eigenvalue weighted by Gasteiger charge is -2.08. The first-order chi connectivity index (χ1) is 9.38. The molecular weight excluding hydrogens is 359 g/mol. The summed E-state index contributed by atoms with van der Waals surface area (Å²) in [5.74, 6) is -4.67. The van der Waals surface area contributed by atoms with E-state index in [1.165, 1.54) is 12.1 Å². The fourth-order valence-electron chi connectivity index (χ4n) is 1.53. The third-order valence-corrected chi connectivity index (χ3v) is 3.64. The Morgan fingerprint density at radius 2 is 1.70 bits per heavy atom. The third-order valence-electron chi connectivity index (χ3n) is 2.41. The molecule has 1 amide bonds. The normalized spacial score (nSPS) is 10.4. The van der Waals surface area contributed by atoms with Gasteiger partial charge in [0.25, 0.3) is 5.91 Å². The van der Waals surface area contributed by atoms with Gasteiger partial charge in [-0.3, -0.25) is 4.79 Å².